The van der Waals surface area contributed by atoms with Crippen LogP contribution in [0.1, 0.15) is 15.9 Å². The lowest BCUT2D eigenvalue weighted by molar-refractivity contribution is 0.102. The van der Waals surface area contributed by atoms with Crippen LogP contribution in [0, 0.1) is 5.95 Å². The fraction of sp³-hybridized carbons (Fsp3) is 0.0769. The molecule has 2 rings (SSSR count). The predicted octanol–water partition coefficient (Wildman–Crippen LogP) is 1.97. The molecule has 1 aromatic heterocycles. The Balaban J connectivity index is 2.24. The fourth-order valence-electron chi connectivity index (χ4n) is 1.53. The lowest BCUT2D eigenvalue weighted by atomic mass is 10.1. The minimum Gasteiger partial charge on any atom is -0.392 e. The second-order valence-electron chi connectivity index (χ2n) is 3.61. The Morgan fingerprint density at radius 3 is 2.78 bits per heavy atom. The summed E-state index contributed by atoms with van der Waals surface area (Å²) in [6.07, 6.45) is 1.27. The van der Waals surface area contributed by atoms with E-state index in [9.17, 15) is 9.18 Å². The van der Waals surface area contributed by atoms with Gasteiger partial charge in [-0.05, 0) is 18.2 Å². The van der Waals surface area contributed by atoms with Crippen LogP contribution < -0.4 is 5.32 Å². The number of benzene rings is 1. The number of carbonyl (C=O) groups is 1. The zero-order valence-corrected chi connectivity index (χ0v) is 9.43. The number of aromatic nitrogens is 1. The summed E-state index contributed by atoms with van der Waals surface area (Å²) in [5.74, 6) is -1.42. The number of carbonyl (C=O) groups excluding carboxylic acids is 1. The van der Waals surface area contributed by atoms with Crippen LogP contribution >= 0.6 is 0 Å². The molecule has 0 radical (unpaired) electrons. The summed E-state index contributed by atoms with van der Waals surface area (Å²) in [6.45, 7) is -0.202. The van der Waals surface area contributed by atoms with Crippen LogP contribution in [0.25, 0.3) is 0 Å². The SMILES string of the molecule is O=C(Nc1ccccc1CO)c1cccnc1F. The number of aliphatic hydroxyl groups is 1. The average molecular weight is 246 g/mol. The summed E-state index contributed by atoms with van der Waals surface area (Å²) in [5, 5.41) is 11.7. The van der Waals surface area contributed by atoms with E-state index >= 15 is 0 Å². The molecule has 0 bridgehead atoms. The summed E-state index contributed by atoms with van der Waals surface area (Å²) >= 11 is 0. The van der Waals surface area contributed by atoms with Gasteiger partial charge in [0, 0.05) is 17.4 Å². The monoisotopic (exact) mass is 246 g/mol. The molecule has 0 aliphatic rings. The molecule has 1 aromatic carbocycles. The van der Waals surface area contributed by atoms with Crippen LogP contribution in [-0.2, 0) is 6.61 Å². The van der Waals surface area contributed by atoms with Crippen molar-refractivity contribution >= 4 is 11.6 Å². The number of aliphatic hydroxyl groups excluding tert-OH is 1. The van der Waals surface area contributed by atoms with Crippen molar-refractivity contribution in [1.82, 2.24) is 4.98 Å². The standard InChI is InChI=1S/C13H11FN2O2/c14-12-10(5-3-7-15-12)13(18)16-11-6-2-1-4-9(11)8-17/h1-7,17H,8H2,(H,16,18). The highest BCUT2D eigenvalue weighted by Gasteiger charge is 2.13. The summed E-state index contributed by atoms with van der Waals surface area (Å²) in [4.78, 5) is 15.2. The highest BCUT2D eigenvalue weighted by molar-refractivity contribution is 6.04. The van der Waals surface area contributed by atoms with E-state index in [0.29, 0.717) is 11.3 Å². The van der Waals surface area contributed by atoms with Crippen molar-refractivity contribution in [2.75, 3.05) is 5.32 Å². The third kappa shape index (κ3) is 2.52. The number of hydrogen-bond donors (Lipinski definition) is 2. The van der Waals surface area contributed by atoms with E-state index in [2.05, 4.69) is 10.3 Å². The molecular weight excluding hydrogens is 235 g/mol. The molecule has 2 aromatic rings. The zero-order chi connectivity index (χ0) is 13.0. The van der Waals surface area contributed by atoms with Crippen molar-refractivity contribution in [3.63, 3.8) is 0 Å². The largest absolute Gasteiger partial charge is 0.392 e. The maximum absolute atomic E-state index is 13.3. The molecule has 4 nitrogen and oxygen atoms in total. The van der Waals surface area contributed by atoms with Crippen LogP contribution in [0.4, 0.5) is 10.1 Å². The Morgan fingerprint density at radius 1 is 1.28 bits per heavy atom. The van der Waals surface area contributed by atoms with Gasteiger partial charge >= 0.3 is 0 Å². The van der Waals surface area contributed by atoms with Gasteiger partial charge in [0.2, 0.25) is 5.95 Å². The normalized spacial score (nSPS) is 10.1. The number of halogens is 1. The number of rotatable bonds is 3. The first-order valence-electron chi connectivity index (χ1n) is 5.33. The first-order valence-corrected chi connectivity index (χ1v) is 5.33. The molecule has 0 unspecified atom stereocenters. The van der Waals surface area contributed by atoms with Crippen molar-refractivity contribution in [3.05, 3.63) is 59.7 Å². The molecule has 1 amide bonds. The van der Waals surface area contributed by atoms with Crippen LogP contribution in [0.15, 0.2) is 42.6 Å². The van der Waals surface area contributed by atoms with Crippen molar-refractivity contribution in [2.45, 2.75) is 6.61 Å². The second kappa shape index (κ2) is 5.37. The maximum Gasteiger partial charge on any atom is 0.260 e. The number of amides is 1. The Labute approximate surface area is 103 Å². The van der Waals surface area contributed by atoms with Gasteiger partial charge in [-0.15, -0.1) is 0 Å². The van der Waals surface area contributed by atoms with Crippen molar-refractivity contribution in [2.24, 2.45) is 0 Å². The Bertz CT molecular complexity index is 572. The molecular formula is C13H11FN2O2. The zero-order valence-electron chi connectivity index (χ0n) is 9.43. The molecule has 0 aliphatic heterocycles. The van der Waals surface area contributed by atoms with E-state index in [-0.39, 0.29) is 12.2 Å². The highest BCUT2D eigenvalue weighted by Crippen LogP contribution is 2.16. The van der Waals surface area contributed by atoms with E-state index in [1.807, 2.05) is 0 Å². The van der Waals surface area contributed by atoms with Gasteiger partial charge in [-0.25, -0.2) is 4.98 Å². The van der Waals surface area contributed by atoms with Crippen LogP contribution in [-0.4, -0.2) is 16.0 Å². The summed E-state index contributed by atoms with van der Waals surface area (Å²) in [7, 11) is 0. The van der Waals surface area contributed by atoms with Gasteiger partial charge in [-0.1, -0.05) is 18.2 Å². The van der Waals surface area contributed by atoms with Gasteiger partial charge in [-0.3, -0.25) is 4.79 Å². The van der Waals surface area contributed by atoms with Crippen molar-refractivity contribution in [1.29, 1.82) is 0 Å². The summed E-state index contributed by atoms with van der Waals surface area (Å²) < 4.78 is 13.3. The summed E-state index contributed by atoms with van der Waals surface area (Å²) in [5.41, 5.74) is 0.883. The third-order valence-corrected chi connectivity index (χ3v) is 2.44. The molecule has 92 valence electrons. The molecule has 0 spiro atoms. The van der Waals surface area contributed by atoms with E-state index in [1.165, 1.54) is 18.3 Å². The molecule has 2 N–H and O–H groups in total. The first kappa shape index (κ1) is 12.2. The minimum atomic E-state index is -0.823. The van der Waals surface area contributed by atoms with E-state index in [0.717, 1.165) is 0 Å². The number of para-hydroxylation sites is 1. The van der Waals surface area contributed by atoms with Gasteiger partial charge in [0.1, 0.15) is 0 Å². The van der Waals surface area contributed by atoms with E-state index in [1.54, 1.807) is 24.3 Å². The van der Waals surface area contributed by atoms with E-state index < -0.39 is 11.9 Å². The average Bonchev–Trinajstić information content (AvgIpc) is 2.39. The first-order chi connectivity index (χ1) is 8.72. The quantitative estimate of drug-likeness (QED) is 0.814. The van der Waals surface area contributed by atoms with Crippen LogP contribution in [0.2, 0.25) is 0 Å². The van der Waals surface area contributed by atoms with Crippen LogP contribution in [0.5, 0.6) is 0 Å². The lowest BCUT2D eigenvalue weighted by Gasteiger charge is -2.09. The molecule has 0 saturated heterocycles. The molecule has 0 atom stereocenters. The van der Waals surface area contributed by atoms with Gasteiger partial charge in [-0.2, -0.15) is 4.39 Å². The molecule has 0 saturated carbocycles. The van der Waals surface area contributed by atoms with Crippen molar-refractivity contribution < 1.29 is 14.3 Å². The second-order valence-corrected chi connectivity index (χ2v) is 3.61. The topological polar surface area (TPSA) is 62.2 Å². The fourth-order valence-corrected chi connectivity index (χ4v) is 1.53. The number of hydrogen-bond acceptors (Lipinski definition) is 3. The van der Waals surface area contributed by atoms with E-state index in [4.69, 9.17) is 5.11 Å². The third-order valence-electron chi connectivity index (χ3n) is 2.44. The van der Waals surface area contributed by atoms with Crippen LogP contribution in [0.3, 0.4) is 0 Å². The molecule has 0 aliphatic carbocycles. The van der Waals surface area contributed by atoms with Gasteiger partial charge in [0.15, 0.2) is 0 Å². The molecule has 1 heterocycles. The Kier molecular flexibility index (Phi) is 3.64. The Hall–Kier alpha value is -2.27. The maximum atomic E-state index is 13.3. The number of nitrogens with zero attached hydrogens (tertiary/aromatic N) is 1. The number of nitrogens with one attached hydrogen (secondary N) is 1. The minimum absolute atomic E-state index is 0.134. The highest BCUT2D eigenvalue weighted by atomic mass is 19.1. The van der Waals surface area contributed by atoms with Gasteiger partial charge in [0.25, 0.3) is 5.91 Å². The number of pyridine rings is 1. The smallest absolute Gasteiger partial charge is 0.260 e. The molecule has 18 heavy (non-hydrogen) atoms. The molecule has 5 heteroatoms. The van der Waals surface area contributed by atoms with Crippen molar-refractivity contribution in [3.8, 4) is 0 Å². The molecule has 0 fully saturated rings. The summed E-state index contributed by atoms with van der Waals surface area (Å²) in [6, 6.07) is 9.60. The predicted molar refractivity (Wildman–Crippen MR) is 64.5 cm³/mol. The Morgan fingerprint density at radius 2 is 2.06 bits per heavy atom. The number of anilines is 1. The lowest BCUT2D eigenvalue weighted by Crippen LogP contribution is -2.15. The van der Waals surface area contributed by atoms with Gasteiger partial charge < -0.3 is 10.4 Å². The van der Waals surface area contributed by atoms with Gasteiger partial charge in [0.05, 0.1) is 12.2 Å².